The predicted octanol–water partition coefficient (Wildman–Crippen LogP) is 0.398. The van der Waals surface area contributed by atoms with Crippen molar-refractivity contribution in [2.24, 2.45) is 0 Å². The second-order valence-electron chi connectivity index (χ2n) is 5.32. The number of anilines is 1. The van der Waals surface area contributed by atoms with Gasteiger partial charge in [-0.3, -0.25) is 14.9 Å². The topological polar surface area (TPSA) is 61.9 Å². The van der Waals surface area contributed by atoms with E-state index in [4.69, 9.17) is 4.74 Å². The number of benzene rings is 1. The molecule has 2 amide bonds. The molecule has 2 heterocycles. The molecule has 1 saturated heterocycles. The van der Waals surface area contributed by atoms with E-state index < -0.39 is 0 Å². The van der Waals surface area contributed by atoms with Gasteiger partial charge in [-0.1, -0.05) is 18.2 Å². The molecular weight excluding hydrogens is 282 g/mol. The van der Waals surface area contributed by atoms with Crippen LogP contribution in [0.4, 0.5) is 5.69 Å². The normalized spacial score (nSPS) is 21.3. The van der Waals surface area contributed by atoms with Crippen LogP contribution in [0.15, 0.2) is 36.4 Å². The smallest absolute Gasteiger partial charge is 0.246 e. The standard InChI is InChI=1S/C16H19N3O3/c1-22-13-5-2-4-12(10-13)19-9-8-18(11-15(19)20)16(21)14-6-3-7-17-14/h2-6,10,14,17H,7-9,11H2,1H3/t14-/m1/s1. The third-order valence-electron chi connectivity index (χ3n) is 3.95. The van der Waals surface area contributed by atoms with Crippen molar-refractivity contribution in [3.8, 4) is 5.75 Å². The first-order chi connectivity index (χ1) is 10.7. The van der Waals surface area contributed by atoms with E-state index in [1.807, 2.05) is 36.4 Å². The fourth-order valence-corrected chi connectivity index (χ4v) is 2.75. The number of nitrogens with one attached hydrogen (secondary N) is 1. The Kier molecular flexibility index (Phi) is 4.11. The van der Waals surface area contributed by atoms with Crippen LogP contribution in [0.1, 0.15) is 0 Å². The summed E-state index contributed by atoms with van der Waals surface area (Å²) in [5, 5.41) is 3.08. The molecule has 6 nitrogen and oxygen atoms in total. The van der Waals surface area contributed by atoms with Crippen LogP contribution in [0, 0.1) is 0 Å². The van der Waals surface area contributed by atoms with Crippen molar-refractivity contribution in [1.82, 2.24) is 10.2 Å². The lowest BCUT2D eigenvalue weighted by molar-refractivity contribution is -0.137. The number of rotatable bonds is 3. The number of ether oxygens (including phenoxy) is 1. The maximum atomic E-state index is 12.4. The van der Waals surface area contributed by atoms with Crippen LogP contribution in [0.3, 0.4) is 0 Å². The third kappa shape index (κ3) is 2.82. The number of hydrogen-bond acceptors (Lipinski definition) is 4. The number of carbonyl (C=O) groups is 2. The number of piperazine rings is 1. The summed E-state index contributed by atoms with van der Waals surface area (Å²) in [4.78, 5) is 28.0. The van der Waals surface area contributed by atoms with Crippen LogP contribution in [0.2, 0.25) is 0 Å². The molecule has 3 rings (SSSR count). The van der Waals surface area contributed by atoms with Gasteiger partial charge in [0.05, 0.1) is 7.11 Å². The maximum Gasteiger partial charge on any atom is 0.246 e. The monoisotopic (exact) mass is 301 g/mol. The Labute approximate surface area is 129 Å². The molecule has 22 heavy (non-hydrogen) atoms. The molecule has 1 fully saturated rings. The van der Waals surface area contributed by atoms with Gasteiger partial charge >= 0.3 is 0 Å². The van der Waals surface area contributed by atoms with Crippen LogP contribution in [-0.2, 0) is 9.59 Å². The van der Waals surface area contributed by atoms with Crippen molar-refractivity contribution in [3.63, 3.8) is 0 Å². The molecule has 6 heteroatoms. The molecular formula is C16H19N3O3. The minimum atomic E-state index is -0.295. The van der Waals surface area contributed by atoms with Crippen molar-refractivity contribution in [2.75, 3.05) is 38.2 Å². The SMILES string of the molecule is COc1cccc(N2CCN(C(=O)[C@H]3C=CCN3)CC2=O)c1. The van der Waals surface area contributed by atoms with Gasteiger partial charge in [0.25, 0.3) is 0 Å². The van der Waals surface area contributed by atoms with E-state index >= 15 is 0 Å². The second kappa shape index (κ2) is 6.19. The highest BCUT2D eigenvalue weighted by Gasteiger charge is 2.31. The number of amides is 2. The van der Waals surface area contributed by atoms with Gasteiger partial charge in [0.2, 0.25) is 11.8 Å². The molecule has 0 bridgehead atoms. The largest absolute Gasteiger partial charge is 0.497 e. The zero-order valence-corrected chi connectivity index (χ0v) is 12.5. The molecule has 0 spiro atoms. The zero-order chi connectivity index (χ0) is 15.5. The molecule has 1 N–H and O–H groups in total. The van der Waals surface area contributed by atoms with E-state index in [0.717, 1.165) is 5.69 Å². The molecule has 0 radical (unpaired) electrons. The van der Waals surface area contributed by atoms with E-state index in [1.165, 1.54) is 0 Å². The van der Waals surface area contributed by atoms with Gasteiger partial charge in [-0.25, -0.2) is 0 Å². The van der Waals surface area contributed by atoms with E-state index in [9.17, 15) is 9.59 Å². The van der Waals surface area contributed by atoms with Gasteiger partial charge < -0.3 is 14.5 Å². The van der Waals surface area contributed by atoms with Gasteiger partial charge in [0.15, 0.2) is 0 Å². The Morgan fingerprint density at radius 3 is 2.91 bits per heavy atom. The molecule has 0 unspecified atom stereocenters. The van der Waals surface area contributed by atoms with Crippen molar-refractivity contribution in [1.29, 1.82) is 0 Å². The zero-order valence-electron chi connectivity index (χ0n) is 12.5. The van der Waals surface area contributed by atoms with Gasteiger partial charge in [-0.05, 0) is 12.1 Å². The van der Waals surface area contributed by atoms with Crippen LogP contribution in [-0.4, -0.2) is 56.0 Å². The molecule has 0 aliphatic carbocycles. The van der Waals surface area contributed by atoms with Gasteiger partial charge in [-0.15, -0.1) is 0 Å². The van der Waals surface area contributed by atoms with Crippen LogP contribution >= 0.6 is 0 Å². The number of carbonyl (C=O) groups excluding carboxylic acids is 2. The van der Waals surface area contributed by atoms with Gasteiger partial charge in [0.1, 0.15) is 18.3 Å². The summed E-state index contributed by atoms with van der Waals surface area (Å²) < 4.78 is 5.19. The van der Waals surface area contributed by atoms with Crippen LogP contribution in [0.5, 0.6) is 5.75 Å². The summed E-state index contributed by atoms with van der Waals surface area (Å²) in [6.45, 7) is 1.85. The lowest BCUT2D eigenvalue weighted by Crippen LogP contribution is -2.55. The van der Waals surface area contributed by atoms with Crippen molar-refractivity contribution in [3.05, 3.63) is 36.4 Å². The molecule has 1 aromatic carbocycles. The molecule has 2 aliphatic rings. The Bertz CT molecular complexity index is 614. The Morgan fingerprint density at radius 1 is 1.36 bits per heavy atom. The van der Waals surface area contributed by atoms with Crippen molar-refractivity contribution < 1.29 is 14.3 Å². The summed E-state index contributed by atoms with van der Waals surface area (Å²) >= 11 is 0. The Balaban J connectivity index is 1.68. The summed E-state index contributed by atoms with van der Waals surface area (Å²) in [6.07, 6.45) is 3.78. The third-order valence-corrected chi connectivity index (χ3v) is 3.95. The average molecular weight is 301 g/mol. The minimum Gasteiger partial charge on any atom is -0.497 e. The summed E-state index contributed by atoms with van der Waals surface area (Å²) in [7, 11) is 1.60. The number of hydrogen-bond donors (Lipinski definition) is 1. The predicted molar refractivity (Wildman–Crippen MR) is 82.9 cm³/mol. The lowest BCUT2D eigenvalue weighted by atomic mass is 10.2. The first-order valence-corrected chi connectivity index (χ1v) is 7.32. The van der Waals surface area contributed by atoms with E-state index in [-0.39, 0.29) is 24.4 Å². The van der Waals surface area contributed by atoms with E-state index in [0.29, 0.717) is 25.4 Å². The quantitative estimate of drug-likeness (QED) is 0.821. The summed E-state index contributed by atoms with van der Waals surface area (Å²) in [5.41, 5.74) is 0.801. The molecule has 1 atom stereocenters. The second-order valence-corrected chi connectivity index (χ2v) is 5.32. The Morgan fingerprint density at radius 2 is 2.23 bits per heavy atom. The first-order valence-electron chi connectivity index (χ1n) is 7.32. The first kappa shape index (κ1) is 14.6. The molecule has 0 saturated carbocycles. The highest BCUT2D eigenvalue weighted by Crippen LogP contribution is 2.22. The lowest BCUT2D eigenvalue weighted by Gasteiger charge is -2.35. The van der Waals surface area contributed by atoms with Crippen LogP contribution in [0.25, 0.3) is 0 Å². The molecule has 2 aliphatic heterocycles. The van der Waals surface area contributed by atoms with E-state index in [1.54, 1.807) is 16.9 Å². The van der Waals surface area contributed by atoms with Crippen molar-refractivity contribution in [2.45, 2.75) is 6.04 Å². The summed E-state index contributed by atoms with van der Waals surface area (Å²) in [6, 6.07) is 7.10. The molecule has 116 valence electrons. The fourth-order valence-electron chi connectivity index (χ4n) is 2.75. The number of nitrogens with zero attached hydrogens (tertiary/aromatic N) is 2. The van der Waals surface area contributed by atoms with Crippen LogP contribution < -0.4 is 15.0 Å². The molecule has 1 aromatic rings. The van der Waals surface area contributed by atoms with Gasteiger partial charge in [-0.2, -0.15) is 0 Å². The van der Waals surface area contributed by atoms with Crippen molar-refractivity contribution >= 4 is 17.5 Å². The minimum absolute atomic E-state index is 0.0348. The van der Waals surface area contributed by atoms with E-state index in [2.05, 4.69) is 5.32 Å². The fraction of sp³-hybridized carbons (Fsp3) is 0.375. The Hall–Kier alpha value is -2.34. The summed E-state index contributed by atoms with van der Waals surface area (Å²) in [5.74, 6) is 0.603. The highest BCUT2D eigenvalue weighted by atomic mass is 16.5. The average Bonchev–Trinajstić information content (AvgIpc) is 3.08. The maximum absolute atomic E-state index is 12.4. The highest BCUT2D eigenvalue weighted by molar-refractivity contribution is 5.99. The molecule has 0 aromatic heterocycles. The van der Waals surface area contributed by atoms with Gasteiger partial charge in [0, 0.05) is 31.4 Å². The number of methoxy groups -OCH3 is 1.